The Morgan fingerprint density at radius 1 is 1.00 bits per heavy atom. The molecule has 0 aliphatic rings. The second kappa shape index (κ2) is 6.83. The van der Waals surface area contributed by atoms with E-state index in [-0.39, 0.29) is 0 Å². The molecule has 0 saturated heterocycles. The molecular weight excluding hydrogens is 234 g/mol. The van der Waals surface area contributed by atoms with Crippen LogP contribution < -0.4 is 10.1 Å². The molecule has 2 rings (SSSR count). The van der Waals surface area contributed by atoms with Crippen molar-refractivity contribution < 1.29 is 4.74 Å². The lowest BCUT2D eigenvalue weighted by atomic mass is 10.0. The SMILES string of the molecule is COc1ccccc1CCC(C)Nc1ccccc1. The first-order valence-corrected chi connectivity index (χ1v) is 6.73. The molecule has 0 radical (unpaired) electrons. The number of benzene rings is 2. The van der Waals surface area contributed by atoms with Gasteiger partial charge in [0.15, 0.2) is 0 Å². The van der Waals surface area contributed by atoms with Crippen LogP contribution in [0.15, 0.2) is 54.6 Å². The van der Waals surface area contributed by atoms with Gasteiger partial charge in [-0.25, -0.2) is 0 Å². The Labute approximate surface area is 115 Å². The number of hydrogen-bond acceptors (Lipinski definition) is 2. The molecule has 0 bridgehead atoms. The highest BCUT2D eigenvalue weighted by molar-refractivity contribution is 5.43. The zero-order valence-corrected chi connectivity index (χ0v) is 11.6. The quantitative estimate of drug-likeness (QED) is 0.838. The first-order chi connectivity index (χ1) is 9.29. The molecule has 1 atom stereocenters. The van der Waals surface area contributed by atoms with E-state index in [4.69, 9.17) is 4.74 Å². The van der Waals surface area contributed by atoms with Gasteiger partial charge < -0.3 is 10.1 Å². The maximum absolute atomic E-state index is 5.38. The van der Waals surface area contributed by atoms with E-state index < -0.39 is 0 Å². The van der Waals surface area contributed by atoms with Crippen molar-refractivity contribution in [2.45, 2.75) is 25.8 Å². The first kappa shape index (κ1) is 13.5. The van der Waals surface area contributed by atoms with Gasteiger partial charge in [-0.2, -0.15) is 0 Å². The number of para-hydroxylation sites is 2. The Bertz CT molecular complexity index is 496. The van der Waals surface area contributed by atoms with Gasteiger partial charge in [-0.05, 0) is 43.5 Å². The minimum absolute atomic E-state index is 0.437. The van der Waals surface area contributed by atoms with Crippen LogP contribution in [0.3, 0.4) is 0 Å². The fraction of sp³-hybridized carbons (Fsp3) is 0.294. The maximum atomic E-state index is 5.38. The van der Waals surface area contributed by atoms with Crippen LogP contribution in [-0.4, -0.2) is 13.2 Å². The lowest BCUT2D eigenvalue weighted by Gasteiger charge is -2.16. The summed E-state index contributed by atoms with van der Waals surface area (Å²) in [6.45, 7) is 2.21. The standard InChI is InChI=1S/C17H21NO/c1-14(18-16-9-4-3-5-10-16)12-13-15-8-6-7-11-17(15)19-2/h3-11,14,18H,12-13H2,1-2H3. The Morgan fingerprint density at radius 3 is 2.42 bits per heavy atom. The Hall–Kier alpha value is -1.96. The van der Waals surface area contributed by atoms with E-state index in [1.807, 2.05) is 18.2 Å². The van der Waals surface area contributed by atoms with Gasteiger partial charge in [0.2, 0.25) is 0 Å². The van der Waals surface area contributed by atoms with E-state index in [0.717, 1.165) is 18.6 Å². The summed E-state index contributed by atoms with van der Waals surface area (Å²) in [7, 11) is 1.73. The van der Waals surface area contributed by atoms with Crippen molar-refractivity contribution >= 4 is 5.69 Å². The number of rotatable bonds is 6. The van der Waals surface area contributed by atoms with E-state index >= 15 is 0 Å². The van der Waals surface area contributed by atoms with Crippen LogP contribution >= 0.6 is 0 Å². The van der Waals surface area contributed by atoms with Crippen molar-refractivity contribution in [2.75, 3.05) is 12.4 Å². The summed E-state index contributed by atoms with van der Waals surface area (Å²) in [5.41, 5.74) is 2.45. The van der Waals surface area contributed by atoms with Gasteiger partial charge in [-0.3, -0.25) is 0 Å². The Morgan fingerprint density at radius 2 is 1.68 bits per heavy atom. The van der Waals surface area contributed by atoms with Crippen LogP contribution in [0.2, 0.25) is 0 Å². The Kier molecular flexibility index (Phi) is 4.85. The smallest absolute Gasteiger partial charge is 0.122 e. The predicted molar refractivity (Wildman–Crippen MR) is 80.8 cm³/mol. The summed E-state index contributed by atoms with van der Waals surface area (Å²) in [4.78, 5) is 0. The molecule has 2 aromatic carbocycles. The molecule has 0 heterocycles. The predicted octanol–water partition coefficient (Wildman–Crippen LogP) is 4.13. The molecule has 19 heavy (non-hydrogen) atoms. The van der Waals surface area contributed by atoms with Gasteiger partial charge in [0.25, 0.3) is 0 Å². The molecule has 0 fully saturated rings. The van der Waals surface area contributed by atoms with Crippen molar-refractivity contribution in [2.24, 2.45) is 0 Å². The Balaban J connectivity index is 1.88. The van der Waals surface area contributed by atoms with Gasteiger partial charge in [-0.15, -0.1) is 0 Å². The highest BCUT2D eigenvalue weighted by Gasteiger charge is 2.05. The number of nitrogens with one attached hydrogen (secondary N) is 1. The topological polar surface area (TPSA) is 21.3 Å². The summed E-state index contributed by atoms with van der Waals surface area (Å²) in [6.07, 6.45) is 2.10. The molecule has 1 N–H and O–H groups in total. The van der Waals surface area contributed by atoms with Gasteiger partial charge in [0.05, 0.1) is 7.11 Å². The van der Waals surface area contributed by atoms with Crippen LogP contribution in [0.25, 0.3) is 0 Å². The van der Waals surface area contributed by atoms with Crippen LogP contribution in [0.4, 0.5) is 5.69 Å². The number of methoxy groups -OCH3 is 1. The van der Waals surface area contributed by atoms with E-state index in [0.29, 0.717) is 6.04 Å². The van der Waals surface area contributed by atoms with Crippen molar-refractivity contribution in [1.29, 1.82) is 0 Å². The third-order valence-corrected chi connectivity index (χ3v) is 3.23. The van der Waals surface area contributed by atoms with Gasteiger partial charge in [0, 0.05) is 11.7 Å². The highest BCUT2D eigenvalue weighted by atomic mass is 16.5. The fourth-order valence-electron chi connectivity index (χ4n) is 2.17. The van der Waals surface area contributed by atoms with E-state index in [9.17, 15) is 0 Å². The minimum Gasteiger partial charge on any atom is -0.496 e. The van der Waals surface area contributed by atoms with E-state index in [1.165, 1.54) is 11.3 Å². The van der Waals surface area contributed by atoms with Crippen molar-refractivity contribution in [3.05, 3.63) is 60.2 Å². The normalized spacial score (nSPS) is 11.9. The van der Waals surface area contributed by atoms with E-state index in [1.54, 1.807) is 7.11 Å². The van der Waals surface area contributed by atoms with Crippen LogP contribution in [0.1, 0.15) is 18.9 Å². The third kappa shape index (κ3) is 4.02. The van der Waals surface area contributed by atoms with Gasteiger partial charge in [0.1, 0.15) is 5.75 Å². The average molecular weight is 255 g/mol. The van der Waals surface area contributed by atoms with Crippen LogP contribution in [-0.2, 0) is 6.42 Å². The van der Waals surface area contributed by atoms with Crippen molar-refractivity contribution in [3.8, 4) is 5.75 Å². The van der Waals surface area contributed by atoms with Crippen molar-refractivity contribution in [1.82, 2.24) is 0 Å². The first-order valence-electron chi connectivity index (χ1n) is 6.73. The lowest BCUT2D eigenvalue weighted by Crippen LogP contribution is -2.16. The fourth-order valence-corrected chi connectivity index (χ4v) is 2.17. The highest BCUT2D eigenvalue weighted by Crippen LogP contribution is 2.20. The lowest BCUT2D eigenvalue weighted by molar-refractivity contribution is 0.408. The molecule has 0 aliphatic heterocycles. The molecule has 0 aliphatic carbocycles. The van der Waals surface area contributed by atoms with E-state index in [2.05, 4.69) is 48.6 Å². The van der Waals surface area contributed by atoms with Crippen LogP contribution in [0.5, 0.6) is 5.75 Å². The molecule has 0 aromatic heterocycles. The molecule has 2 heteroatoms. The molecule has 0 saturated carbocycles. The largest absolute Gasteiger partial charge is 0.496 e. The maximum Gasteiger partial charge on any atom is 0.122 e. The minimum atomic E-state index is 0.437. The summed E-state index contributed by atoms with van der Waals surface area (Å²) in [5.74, 6) is 0.981. The summed E-state index contributed by atoms with van der Waals surface area (Å²) in [5, 5.41) is 3.51. The molecule has 0 amide bonds. The molecular formula is C17H21NO. The molecule has 1 unspecified atom stereocenters. The second-order valence-corrected chi connectivity index (χ2v) is 4.76. The number of ether oxygens (including phenoxy) is 1. The third-order valence-electron chi connectivity index (χ3n) is 3.23. The summed E-state index contributed by atoms with van der Waals surface area (Å²) < 4.78 is 5.38. The van der Waals surface area contributed by atoms with Gasteiger partial charge in [-0.1, -0.05) is 36.4 Å². The zero-order valence-electron chi connectivity index (χ0n) is 11.6. The van der Waals surface area contributed by atoms with Crippen LogP contribution in [0, 0.1) is 0 Å². The molecule has 2 aromatic rings. The summed E-state index contributed by atoms with van der Waals surface area (Å²) >= 11 is 0. The number of aryl methyl sites for hydroxylation is 1. The zero-order chi connectivity index (χ0) is 13.5. The second-order valence-electron chi connectivity index (χ2n) is 4.76. The molecule has 2 nitrogen and oxygen atoms in total. The number of hydrogen-bond donors (Lipinski definition) is 1. The monoisotopic (exact) mass is 255 g/mol. The summed E-state index contributed by atoms with van der Waals surface area (Å²) in [6, 6.07) is 19.0. The molecule has 0 spiro atoms. The average Bonchev–Trinajstić information content (AvgIpc) is 2.46. The number of anilines is 1. The molecule has 100 valence electrons. The van der Waals surface area contributed by atoms with Gasteiger partial charge >= 0.3 is 0 Å². The van der Waals surface area contributed by atoms with Crippen molar-refractivity contribution in [3.63, 3.8) is 0 Å².